The zero-order valence-electron chi connectivity index (χ0n) is 13.1. The third-order valence-corrected chi connectivity index (χ3v) is 3.47. The Morgan fingerprint density at radius 3 is 2.26 bits per heavy atom. The number of Topliss-reactive ketones (excluding diaryl/α,β-unsaturated/α-hetero) is 1. The lowest BCUT2D eigenvalue weighted by Gasteiger charge is -2.20. The average molecular weight is 320 g/mol. The van der Waals surface area contributed by atoms with Crippen molar-refractivity contribution >= 4 is 11.6 Å². The Bertz CT molecular complexity index is 640. The maximum absolute atomic E-state index is 12.7. The summed E-state index contributed by atoms with van der Waals surface area (Å²) < 4.78 is 10.4. The van der Waals surface area contributed by atoms with E-state index in [1.807, 2.05) is 0 Å². The number of carbonyl (C=O) groups is 2. The highest BCUT2D eigenvalue weighted by Gasteiger charge is 2.31. The molecule has 23 heavy (non-hydrogen) atoms. The molecule has 0 spiro atoms. The van der Waals surface area contributed by atoms with Gasteiger partial charge in [0.1, 0.15) is 11.5 Å². The van der Waals surface area contributed by atoms with E-state index >= 15 is 0 Å². The number of aliphatic hydroxyl groups excluding tert-OH is 1. The molecule has 1 aliphatic rings. The van der Waals surface area contributed by atoms with Gasteiger partial charge in [-0.25, -0.2) is 0 Å². The van der Waals surface area contributed by atoms with Crippen LogP contribution in [-0.2, 0) is 0 Å². The van der Waals surface area contributed by atoms with Gasteiger partial charge in [0.25, 0.3) is 0 Å². The summed E-state index contributed by atoms with van der Waals surface area (Å²) in [6, 6.07) is 3.21. The van der Waals surface area contributed by atoms with Crippen LogP contribution in [0.4, 0.5) is 0 Å². The summed E-state index contributed by atoms with van der Waals surface area (Å²) in [6.45, 7) is 1.53. The molecule has 0 aromatic heterocycles. The summed E-state index contributed by atoms with van der Waals surface area (Å²) >= 11 is 0. The third kappa shape index (κ3) is 3.52. The first-order chi connectivity index (χ1) is 11.1. The lowest BCUT2D eigenvalue weighted by atomic mass is 9.91. The molecule has 0 atom stereocenters. The maximum atomic E-state index is 12.7. The number of aliphatic hydroxyl groups is 1. The van der Waals surface area contributed by atoms with Crippen molar-refractivity contribution in [1.82, 2.24) is 10.6 Å². The van der Waals surface area contributed by atoms with Crippen molar-refractivity contribution in [3.63, 3.8) is 0 Å². The van der Waals surface area contributed by atoms with Crippen molar-refractivity contribution < 1.29 is 24.2 Å². The van der Waals surface area contributed by atoms with Crippen LogP contribution in [0.5, 0.6) is 11.5 Å². The van der Waals surface area contributed by atoms with Gasteiger partial charge in [0.05, 0.1) is 37.7 Å². The molecule has 0 amide bonds. The molecule has 0 radical (unpaired) electrons. The second-order valence-electron chi connectivity index (χ2n) is 4.87. The minimum atomic E-state index is -0.308. The van der Waals surface area contributed by atoms with Crippen molar-refractivity contribution in [3.8, 4) is 11.5 Å². The summed E-state index contributed by atoms with van der Waals surface area (Å²) in [5.41, 5.74) is 0.658. The van der Waals surface area contributed by atoms with Crippen LogP contribution in [0.25, 0.3) is 0 Å². The standard InChI is InChI=1S/C16H20N2O5/c1-22-12-3-4-13(23-2)15-14(12)11(20)9-10(16(15)21)18-6-5-17-7-8-19/h3-4,9,17-19H,5-8H2,1-2H3. The summed E-state index contributed by atoms with van der Waals surface area (Å²) in [4.78, 5) is 25.0. The topological polar surface area (TPSA) is 96.9 Å². The van der Waals surface area contributed by atoms with E-state index < -0.39 is 0 Å². The minimum Gasteiger partial charge on any atom is -0.496 e. The van der Waals surface area contributed by atoms with Crippen LogP contribution < -0.4 is 20.1 Å². The fourth-order valence-corrected chi connectivity index (χ4v) is 2.40. The molecule has 3 N–H and O–H groups in total. The molecule has 1 aromatic carbocycles. The normalized spacial score (nSPS) is 13.4. The largest absolute Gasteiger partial charge is 0.496 e. The van der Waals surface area contributed by atoms with Crippen LogP contribution in [0.3, 0.4) is 0 Å². The number of benzene rings is 1. The average Bonchev–Trinajstić information content (AvgIpc) is 2.57. The third-order valence-electron chi connectivity index (χ3n) is 3.47. The van der Waals surface area contributed by atoms with Crippen molar-refractivity contribution in [1.29, 1.82) is 0 Å². The van der Waals surface area contributed by atoms with Gasteiger partial charge in [0, 0.05) is 25.7 Å². The zero-order chi connectivity index (χ0) is 16.8. The number of fused-ring (bicyclic) bond motifs is 1. The van der Waals surface area contributed by atoms with Gasteiger partial charge >= 0.3 is 0 Å². The van der Waals surface area contributed by atoms with Crippen LogP contribution in [0.15, 0.2) is 23.9 Å². The molecule has 0 fully saturated rings. The van der Waals surface area contributed by atoms with Crippen LogP contribution >= 0.6 is 0 Å². The van der Waals surface area contributed by atoms with Gasteiger partial charge in [-0.3, -0.25) is 9.59 Å². The van der Waals surface area contributed by atoms with Gasteiger partial charge in [-0.05, 0) is 12.1 Å². The molecule has 7 nitrogen and oxygen atoms in total. The number of hydrogen-bond donors (Lipinski definition) is 3. The molecule has 7 heteroatoms. The number of hydrogen-bond acceptors (Lipinski definition) is 7. The van der Waals surface area contributed by atoms with Crippen molar-refractivity contribution in [2.75, 3.05) is 40.5 Å². The van der Waals surface area contributed by atoms with Gasteiger partial charge in [-0.1, -0.05) is 0 Å². The molecule has 0 aliphatic heterocycles. The van der Waals surface area contributed by atoms with Gasteiger partial charge in [0.15, 0.2) is 5.78 Å². The van der Waals surface area contributed by atoms with Crippen molar-refractivity contribution in [2.24, 2.45) is 0 Å². The molecule has 0 heterocycles. The van der Waals surface area contributed by atoms with E-state index in [1.165, 1.54) is 20.3 Å². The Balaban J connectivity index is 2.24. The van der Waals surface area contributed by atoms with E-state index in [9.17, 15) is 9.59 Å². The Hall–Kier alpha value is -2.38. The molecule has 124 valence electrons. The number of ketones is 2. The summed E-state index contributed by atoms with van der Waals surface area (Å²) in [7, 11) is 2.90. The number of ether oxygens (including phenoxy) is 2. The quantitative estimate of drug-likeness (QED) is 0.586. The molecule has 0 saturated carbocycles. The van der Waals surface area contributed by atoms with E-state index in [2.05, 4.69) is 10.6 Å². The predicted molar refractivity (Wildman–Crippen MR) is 84.2 cm³/mol. The molecule has 1 aliphatic carbocycles. The van der Waals surface area contributed by atoms with Crippen LogP contribution in [0.1, 0.15) is 20.7 Å². The van der Waals surface area contributed by atoms with Crippen molar-refractivity contribution in [2.45, 2.75) is 0 Å². The van der Waals surface area contributed by atoms with Gasteiger partial charge in [0.2, 0.25) is 5.78 Å². The first-order valence-electron chi connectivity index (χ1n) is 7.25. The Kier molecular flexibility index (Phi) is 5.72. The molecule has 1 aromatic rings. The molecule has 0 unspecified atom stereocenters. The summed E-state index contributed by atoms with van der Waals surface area (Å²) in [6.07, 6.45) is 1.28. The smallest absolute Gasteiger partial charge is 0.213 e. The highest BCUT2D eigenvalue weighted by atomic mass is 16.5. The summed E-state index contributed by atoms with van der Waals surface area (Å²) in [5.74, 6) is 0.0719. The van der Waals surface area contributed by atoms with E-state index in [-0.39, 0.29) is 35.0 Å². The van der Waals surface area contributed by atoms with E-state index in [1.54, 1.807) is 12.1 Å². The molecular formula is C16H20N2O5. The fourth-order valence-electron chi connectivity index (χ4n) is 2.40. The fraction of sp³-hybridized carbons (Fsp3) is 0.375. The predicted octanol–water partition coefficient (Wildman–Crippen LogP) is 0.138. The van der Waals surface area contributed by atoms with Crippen LogP contribution in [0.2, 0.25) is 0 Å². The second-order valence-corrected chi connectivity index (χ2v) is 4.87. The monoisotopic (exact) mass is 320 g/mol. The van der Waals surface area contributed by atoms with E-state index in [0.717, 1.165) is 0 Å². The van der Waals surface area contributed by atoms with E-state index in [4.69, 9.17) is 14.6 Å². The first kappa shape index (κ1) is 17.0. The first-order valence-corrected chi connectivity index (χ1v) is 7.25. The lowest BCUT2D eigenvalue weighted by Crippen LogP contribution is -2.33. The number of allylic oxidation sites excluding steroid dienone is 2. The molecule has 2 rings (SSSR count). The summed E-state index contributed by atoms with van der Waals surface area (Å²) in [5, 5.41) is 14.6. The van der Waals surface area contributed by atoms with Gasteiger partial charge in [-0.15, -0.1) is 0 Å². The Labute approximate surface area is 134 Å². The number of methoxy groups -OCH3 is 2. The van der Waals surface area contributed by atoms with E-state index in [0.29, 0.717) is 31.1 Å². The number of carbonyl (C=O) groups excluding carboxylic acids is 2. The number of rotatable bonds is 8. The Morgan fingerprint density at radius 2 is 1.65 bits per heavy atom. The minimum absolute atomic E-state index is 0.0461. The van der Waals surface area contributed by atoms with Crippen molar-refractivity contribution in [3.05, 3.63) is 35.0 Å². The number of nitrogens with one attached hydrogen (secondary N) is 2. The highest BCUT2D eigenvalue weighted by molar-refractivity contribution is 6.26. The lowest BCUT2D eigenvalue weighted by molar-refractivity contribution is 0.0973. The molecular weight excluding hydrogens is 300 g/mol. The zero-order valence-corrected chi connectivity index (χ0v) is 13.1. The van der Waals surface area contributed by atoms with Crippen LogP contribution in [0, 0.1) is 0 Å². The highest BCUT2D eigenvalue weighted by Crippen LogP contribution is 2.35. The second kappa shape index (κ2) is 7.75. The molecule has 0 bridgehead atoms. The Morgan fingerprint density at radius 1 is 1.00 bits per heavy atom. The van der Waals surface area contributed by atoms with Crippen LogP contribution in [-0.4, -0.2) is 57.1 Å². The SMILES string of the molecule is COc1ccc(OC)c2c1C(=O)C=C(NCCNCCO)C2=O. The van der Waals surface area contributed by atoms with Gasteiger partial charge in [-0.2, -0.15) is 0 Å². The van der Waals surface area contributed by atoms with Gasteiger partial charge < -0.3 is 25.2 Å². The maximum Gasteiger partial charge on any atom is 0.213 e. The molecule has 0 saturated heterocycles.